The average Bonchev–Trinajstić information content (AvgIpc) is 2.62. The molecule has 29 heavy (non-hydrogen) atoms. The smallest absolute Gasteiger partial charge is 0.411 e. The highest BCUT2D eigenvalue weighted by Gasteiger charge is 2.27. The predicted molar refractivity (Wildman–Crippen MR) is 97.8 cm³/mol. The fourth-order valence-corrected chi connectivity index (χ4v) is 2.73. The third kappa shape index (κ3) is 12.7. The lowest BCUT2D eigenvalue weighted by Crippen LogP contribution is -2.48. The fraction of sp³-hybridized carbons (Fsp3) is 0.529. The zero-order valence-corrected chi connectivity index (χ0v) is 16.5. The van der Waals surface area contributed by atoms with Gasteiger partial charge in [0.1, 0.15) is 29.1 Å². The van der Waals surface area contributed by atoms with Crippen LogP contribution in [0, 0.1) is 0 Å². The Morgan fingerprint density at radius 2 is 1.83 bits per heavy atom. The summed E-state index contributed by atoms with van der Waals surface area (Å²) >= 11 is 0. The molecule has 1 rings (SSSR count). The van der Waals surface area contributed by atoms with E-state index in [4.69, 9.17) is 4.74 Å². The van der Waals surface area contributed by atoms with Crippen LogP contribution in [0.1, 0.15) is 12.0 Å². The Labute approximate surface area is 166 Å². The van der Waals surface area contributed by atoms with Gasteiger partial charge in [-0.1, -0.05) is 30.3 Å². The predicted octanol–water partition coefficient (Wildman–Crippen LogP) is 1.41. The first-order chi connectivity index (χ1) is 13.5. The zero-order chi connectivity index (χ0) is 21.9. The molecule has 0 saturated heterocycles. The summed E-state index contributed by atoms with van der Waals surface area (Å²) in [6.45, 7) is -2.16. The number of alkyl halides is 3. The number of benzene rings is 1. The first-order valence-electron chi connectivity index (χ1n) is 8.53. The Morgan fingerprint density at radius 1 is 1.17 bits per heavy atom. The summed E-state index contributed by atoms with van der Waals surface area (Å²) < 4.78 is 68.0. The molecule has 1 atom stereocenters. The van der Waals surface area contributed by atoms with Crippen molar-refractivity contribution in [1.29, 1.82) is 0 Å². The molecule has 12 heteroatoms. The summed E-state index contributed by atoms with van der Waals surface area (Å²) in [6, 6.07) is 7.49. The van der Waals surface area contributed by atoms with Crippen LogP contribution in [0.4, 0.5) is 18.0 Å². The fourth-order valence-electron chi connectivity index (χ4n) is 2.07. The van der Waals surface area contributed by atoms with Crippen LogP contribution in [-0.4, -0.2) is 64.4 Å². The molecule has 2 amide bonds. The highest BCUT2D eigenvalue weighted by Crippen LogP contribution is 2.14. The third-order valence-corrected chi connectivity index (χ3v) is 4.39. The number of nitrogens with one attached hydrogen (secondary N) is 2. The number of rotatable bonds is 11. The van der Waals surface area contributed by atoms with Gasteiger partial charge in [-0.15, -0.1) is 0 Å². The van der Waals surface area contributed by atoms with Gasteiger partial charge in [-0.25, -0.2) is 13.2 Å². The summed E-state index contributed by atoms with van der Waals surface area (Å²) in [5.74, 6) is -1.14. The van der Waals surface area contributed by atoms with Gasteiger partial charge in [0.15, 0.2) is 0 Å². The summed E-state index contributed by atoms with van der Waals surface area (Å²) in [5.41, 5.74) is 0.710. The van der Waals surface area contributed by atoms with Gasteiger partial charge in [0, 0.05) is 12.8 Å². The SMILES string of the molecule is CS(=O)(=O)CCC(NC(=O)OCc1ccccc1)C(=O)NCCOCC(F)(F)F. The van der Waals surface area contributed by atoms with Crippen LogP contribution in [0.5, 0.6) is 0 Å². The molecule has 1 aromatic carbocycles. The van der Waals surface area contributed by atoms with Crippen molar-refractivity contribution in [3.05, 3.63) is 35.9 Å². The van der Waals surface area contributed by atoms with Crippen molar-refractivity contribution in [3.63, 3.8) is 0 Å². The van der Waals surface area contributed by atoms with E-state index in [2.05, 4.69) is 15.4 Å². The number of carbonyl (C=O) groups excluding carboxylic acids is 2. The number of hydrogen-bond acceptors (Lipinski definition) is 6. The van der Waals surface area contributed by atoms with E-state index < -0.39 is 47.3 Å². The molecule has 0 aliphatic carbocycles. The van der Waals surface area contributed by atoms with Gasteiger partial charge in [-0.05, 0) is 12.0 Å². The second kappa shape index (κ2) is 11.6. The second-order valence-electron chi connectivity index (χ2n) is 6.14. The first kappa shape index (κ1) is 24.7. The van der Waals surface area contributed by atoms with Crippen LogP contribution in [0.15, 0.2) is 30.3 Å². The molecule has 1 aromatic rings. The van der Waals surface area contributed by atoms with Crippen LogP contribution in [0.25, 0.3) is 0 Å². The van der Waals surface area contributed by atoms with Crippen LogP contribution < -0.4 is 10.6 Å². The van der Waals surface area contributed by atoms with Gasteiger partial charge in [-0.3, -0.25) is 4.79 Å². The Kier molecular flexibility index (Phi) is 9.89. The maximum absolute atomic E-state index is 12.2. The Morgan fingerprint density at radius 3 is 2.41 bits per heavy atom. The van der Waals surface area contributed by atoms with Gasteiger partial charge >= 0.3 is 12.3 Å². The van der Waals surface area contributed by atoms with Gasteiger partial charge in [0.25, 0.3) is 0 Å². The molecule has 164 valence electrons. The van der Waals surface area contributed by atoms with Crippen molar-refractivity contribution in [2.75, 3.05) is 31.8 Å². The van der Waals surface area contributed by atoms with E-state index in [0.29, 0.717) is 5.56 Å². The quantitative estimate of drug-likeness (QED) is 0.504. The number of ether oxygens (including phenoxy) is 2. The number of alkyl carbamates (subject to hydrolysis) is 1. The van der Waals surface area contributed by atoms with E-state index in [1.807, 2.05) is 0 Å². The van der Waals surface area contributed by atoms with Crippen molar-refractivity contribution in [3.8, 4) is 0 Å². The number of carbonyl (C=O) groups is 2. The summed E-state index contributed by atoms with van der Waals surface area (Å²) in [5, 5.41) is 4.55. The van der Waals surface area contributed by atoms with E-state index in [1.165, 1.54) is 0 Å². The Bertz CT molecular complexity index is 756. The van der Waals surface area contributed by atoms with Crippen molar-refractivity contribution in [1.82, 2.24) is 10.6 Å². The Balaban J connectivity index is 2.52. The van der Waals surface area contributed by atoms with Crippen LogP contribution >= 0.6 is 0 Å². The highest BCUT2D eigenvalue weighted by molar-refractivity contribution is 7.90. The minimum absolute atomic E-state index is 0.0572. The molecular weight excluding hydrogens is 417 g/mol. The third-order valence-electron chi connectivity index (χ3n) is 3.41. The van der Waals surface area contributed by atoms with E-state index in [-0.39, 0.29) is 25.3 Å². The summed E-state index contributed by atoms with van der Waals surface area (Å²) in [4.78, 5) is 24.1. The maximum atomic E-state index is 12.2. The van der Waals surface area contributed by atoms with Crippen molar-refractivity contribution < 1.29 is 40.7 Å². The molecule has 0 bridgehead atoms. The van der Waals surface area contributed by atoms with Crippen LogP contribution in [0.2, 0.25) is 0 Å². The summed E-state index contributed by atoms with van der Waals surface area (Å²) in [7, 11) is -3.41. The number of halogens is 3. The van der Waals surface area contributed by atoms with Crippen molar-refractivity contribution in [2.45, 2.75) is 25.2 Å². The monoisotopic (exact) mass is 440 g/mol. The average molecular weight is 440 g/mol. The van der Waals surface area contributed by atoms with Gasteiger partial charge < -0.3 is 20.1 Å². The normalized spacial score (nSPS) is 12.8. The molecule has 1 unspecified atom stereocenters. The molecule has 0 saturated carbocycles. The highest BCUT2D eigenvalue weighted by atomic mass is 32.2. The van der Waals surface area contributed by atoms with Crippen molar-refractivity contribution in [2.24, 2.45) is 0 Å². The van der Waals surface area contributed by atoms with E-state index in [1.54, 1.807) is 30.3 Å². The maximum Gasteiger partial charge on any atom is 0.411 e. The lowest BCUT2D eigenvalue weighted by Gasteiger charge is -2.18. The topological polar surface area (TPSA) is 111 Å². The number of sulfone groups is 1. The molecule has 0 spiro atoms. The molecule has 0 aromatic heterocycles. The number of hydrogen-bond donors (Lipinski definition) is 2. The van der Waals surface area contributed by atoms with Crippen molar-refractivity contribution >= 4 is 21.8 Å². The molecule has 0 radical (unpaired) electrons. The second-order valence-corrected chi connectivity index (χ2v) is 8.40. The van der Waals surface area contributed by atoms with E-state index in [9.17, 15) is 31.2 Å². The largest absolute Gasteiger partial charge is 0.445 e. The lowest BCUT2D eigenvalue weighted by atomic mass is 10.2. The first-order valence-corrected chi connectivity index (χ1v) is 10.6. The van der Waals surface area contributed by atoms with E-state index in [0.717, 1.165) is 6.26 Å². The molecular formula is C17H23F3N2O6S. The standard InChI is InChI=1S/C17H23F3N2O6S/c1-29(25,26)10-7-14(15(23)21-8-9-27-12-17(18,19)20)22-16(24)28-11-13-5-3-2-4-6-13/h2-6,14H,7-12H2,1H3,(H,21,23)(H,22,24). The van der Waals surface area contributed by atoms with Crippen LogP contribution in [-0.2, 0) is 30.7 Å². The molecule has 0 aliphatic rings. The van der Waals surface area contributed by atoms with Crippen LogP contribution in [0.3, 0.4) is 0 Å². The van der Waals surface area contributed by atoms with Gasteiger partial charge in [0.2, 0.25) is 5.91 Å². The van der Waals surface area contributed by atoms with E-state index >= 15 is 0 Å². The van der Waals surface area contributed by atoms with Gasteiger partial charge in [-0.2, -0.15) is 13.2 Å². The molecule has 0 fully saturated rings. The Hall–Kier alpha value is -2.34. The van der Waals surface area contributed by atoms with Gasteiger partial charge in [0.05, 0.1) is 12.4 Å². The lowest BCUT2D eigenvalue weighted by molar-refractivity contribution is -0.173. The molecule has 2 N–H and O–H groups in total. The number of amides is 2. The minimum atomic E-state index is -4.48. The zero-order valence-electron chi connectivity index (χ0n) is 15.7. The minimum Gasteiger partial charge on any atom is -0.445 e. The molecule has 8 nitrogen and oxygen atoms in total. The molecule has 0 aliphatic heterocycles. The molecule has 0 heterocycles. The summed E-state index contributed by atoms with van der Waals surface area (Å²) in [6.07, 6.45) is -4.67.